The average molecular weight is 565 g/mol. The van der Waals surface area contributed by atoms with Gasteiger partial charge in [0, 0.05) is 33.5 Å². The lowest BCUT2D eigenvalue weighted by molar-refractivity contribution is -0.149. The zero-order valence-electron chi connectivity index (χ0n) is 21.5. The zero-order valence-corrected chi connectivity index (χ0v) is 23.1. The van der Waals surface area contributed by atoms with Gasteiger partial charge in [0.1, 0.15) is 11.6 Å². The molecule has 0 aliphatic heterocycles. The molecule has 0 fully saturated rings. The number of rotatable bonds is 8. The number of carbonyl (C=O) groups is 1. The SMILES string of the molecule is CCc1nc2ccc(Br)cc2c(=O)n1N=Cc1cc(C)n(-c2ccc(OCC(=O)OC(C)C)cc2)c1C. The van der Waals surface area contributed by atoms with Crippen molar-refractivity contribution in [2.45, 2.75) is 47.1 Å². The predicted octanol–water partition coefficient (Wildman–Crippen LogP) is 5.34. The highest BCUT2D eigenvalue weighted by molar-refractivity contribution is 9.10. The summed E-state index contributed by atoms with van der Waals surface area (Å²) in [5, 5.41) is 5.04. The van der Waals surface area contributed by atoms with E-state index in [1.54, 1.807) is 26.1 Å². The maximum atomic E-state index is 13.2. The lowest BCUT2D eigenvalue weighted by Gasteiger charge is -2.12. The van der Waals surface area contributed by atoms with Gasteiger partial charge in [-0.2, -0.15) is 9.78 Å². The van der Waals surface area contributed by atoms with Crippen LogP contribution >= 0.6 is 15.9 Å². The van der Waals surface area contributed by atoms with Crippen molar-refractivity contribution in [3.63, 3.8) is 0 Å². The molecule has 0 saturated heterocycles. The van der Waals surface area contributed by atoms with E-state index in [1.807, 2.05) is 63.2 Å². The number of esters is 1. The average Bonchev–Trinajstić information content (AvgIpc) is 3.15. The van der Waals surface area contributed by atoms with E-state index in [4.69, 9.17) is 9.47 Å². The molecule has 2 aromatic carbocycles. The van der Waals surface area contributed by atoms with Crippen LogP contribution in [0.5, 0.6) is 5.75 Å². The van der Waals surface area contributed by atoms with Crippen molar-refractivity contribution >= 4 is 39.0 Å². The van der Waals surface area contributed by atoms with E-state index in [0.29, 0.717) is 28.9 Å². The van der Waals surface area contributed by atoms with Gasteiger partial charge < -0.3 is 14.0 Å². The van der Waals surface area contributed by atoms with Crippen molar-refractivity contribution in [1.29, 1.82) is 0 Å². The molecular formula is C28H29BrN4O4. The van der Waals surface area contributed by atoms with Gasteiger partial charge in [0.25, 0.3) is 5.56 Å². The summed E-state index contributed by atoms with van der Waals surface area (Å²) in [6.45, 7) is 9.41. The maximum absolute atomic E-state index is 13.2. The van der Waals surface area contributed by atoms with Crippen molar-refractivity contribution in [1.82, 2.24) is 14.2 Å². The van der Waals surface area contributed by atoms with Gasteiger partial charge in [0.15, 0.2) is 6.61 Å². The third-order valence-electron chi connectivity index (χ3n) is 5.79. The minimum atomic E-state index is -0.403. The standard InChI is InChI=1S/C28H29BrN4O4/c1-6-26-31-25-12-7-21(29)14-24(25)28(35)33(26)30-15-20-13-18(4)32(19(20)5)22-8-10-23(11-9-22)36-16-27(34)37-17(2)3/h7-15,17H,6,16H2,1-5H3. The Hall–Kier alpha value is -3.72. The Labute approximate surface area is 223 Å². The van der Waals surface area contributed by atoms with Crippen LogP contribution in [0.25, 0.3) is 16.6 Å². The molecule has 0 aliphatic rings. The summed E-state index contributed by atoms with van der Waals surface area (Å²) in [5.74, 6) is 0.771. The summed E-state index contributed by atoms with van der Waals surface area (Å²) < 4.78 is 14.9. The minimum Gasteiger partial charge on any atom is -0.482 e. The molecule has 0 N–H and O–H groups in total. The fraction of sp³-hybridized carbons (Fsp3) is 0.286. The third kappa shape index (κ3) is 5.83. The normalized spacial score (nSPS) is 11.5. The van der Waals surface area contributed by atoms with Gasteiger partial charge >= 0.3 is 5.97 Å². The van der Waals surface area contributed by atoms with E-state index in [-0.39, 0.29) is 18.3 Å². The Balaban J connectivity index is 1.60. The van der Waals surface area contributed by atoms with E-state index in [2.05, 4.69) is 30.6 Å². The van der Waals surface area contributed by atoms with Crippen LogP contribution in [0, 0.1) is 13.8 Å². The largest absolute Gasteiger partial charge is 0.482 e. The number of hydrogen-bond donors (Lipinski definition) is 0. The Morgan fingerprint density at radius 1 is 1.14 bits per heavy atom. The fourth-order valence-corrected chi connectivity index (χ4v) is 4.47. The number of ether oxygens (including phenoxy) is 2. The molecule has 9 heteroatoms. The Bertz CT molecular complexity index is 1530. The Morgan fingerprint density at radius 3 is 2.54 bits per heavy atom. The van der Waals surface area contributed by atoms with Gasteiger partial charge in [-0.05, 0) is 76.2 Å². The van der Waals surface area contributed by atoms with Gasteiger partial charge in [-0.15, -0.1) is 0 Å². The van der Waals surface area contributed by atoms with Gasteiger partial charge in [0.05, 0.1) is 23.2 Å². The summed E-state index contributed by atoms with van der Waals surface area (Å²) >= 11 is 3.43. The summed E-state index contributed by atoms with van der Waals surface area (Å²) in [6.07, 6.45) is 2.09. The smallest absolute Gasteiger partial charge is 0.344 e. The minimum absolute atomic E-state index is 0.139. The molecule has 0 aliphatic carbocycles. The van der Waals surface area contributed by atoms with Crippen LogP contribution < -0.4 is 10.3 Å². The first-order valence-electron chi connectivity index (χ1n) is 12.0. The number of hydrogen-bond acceptors (Lipinski definition) is 6. The van der Waals surface area contributed by atoms with Crippen molar-refractivity contribution < 1.29 is 14.3 Å². The van der Waals surface area contributed by atoms with Crippen molar-refractivity contribution in [2.75, 3.05) is 6.61 Å². The van der Waals surface area contributed by atoms with E-state index < -0.39 is 5.97 Å². The molecular weight excluding hydrogens is 536 g/mol. The highest BCUT2D eigenvalue weighted by atomic mass is 79.9. The number of nitrogens with zero attached hydrogens (tertiary/aromatic N) is 4. The number of halogens is 1. The van der Waals surface area contributed by atoms with Crippen molar-refractivity contribution in [3.8, 4) is 11.4 Å². The number of aromatic nitrogens is 3. The van der Waals surface area contributed by atoms with E-state index in [0.717, 1.165) is 27.1 Å². The van der Waals surface area contributed by atoms with Crippen LogP contribution in [-0.2, 0) is 16.0 Å². The Kier molecular flexibility index (Phi) is 7.92. The second-order valence-electron chi connectivity index (χ2n) is 8.89. The lowest BCUT2D eigenvalue weighted by Crippen LogP contribution is -2.22. The molecule has 4 rings (SSSR count). The van der Waals surface area contributed by atoms with Crippen LogP contribution in [0.3, 0.4) is 0 Å². The van der Waals surface area contributed by atoms with Gasteiger partial charge in [-0.1, -0.05) is 22.9 Å². The highest BCUT2D eigenvalue weighted by Gasteiger charge is 2.13. The van der Waals surface area contributed by atoms with E-state index in [1.165, 1.54) is 4.68 Å². The molecule has 2 aromatic heterocycles. The molecule has 2 heterocycles. The molecule has 0 saturated carbocycles. The molecule has 4 aromatic rings. The quantitative estimate of drug-likeness (QED) is 0.213. The predicted molar refractivity (Wildman–Crippen MR) is 148 cm³/mol. The van der Waals surface area contributed by atoms with Crippen LogP contribution in [-0.4, -0.2) is 39.1 Å². The summed E-state index contributed by atoms with van der Waals surface area (Å²) in [4.78, 5) is 29.5. The topological polar surface area (TPSA) is 87.7 Å². The molecule has 37 heavy (non-hydrogen) atoms. The van der Waals surface area contributed by atoms with Crippen molar-refractivity contribution in [3.05, 3.63) is 86.1 Å². The second-order valence-corrected chi connectivity index (χ2v) is 9.80. The van der Waals surface area contributed by atoms with Crippen molar-refractivity contribution in [2.24, 2.45) is 5.10 Å². The first kappa shape index (κ1) is 26.3. The highest BCUT2D eigenvalue weighted by Crippen LogP contribution is 2.22. The molecule has 192 valence electrons. The lowest BCUT2D eigenvalue weighted by atomic mass is 10.2. The number of aryl methyl sites for hydroxylation is 2. The molecule has 8 nitrogen and oxygen atoms in total. The van der Waals surface area contributed by atoms with Crippen LogP contribution in [0.1, 0.15) is 43.5 Å². The molecule has 0 bridgehead atoms. The maximum Gasteiger partial charge on any atom is 0.344 e. The molecule has 0 amide bonds. The summed E-state index contributed by atoms with van der Waals surface area (Å²) in [5.41, 5.74) is 4.25. The first-order valence-corrected chi connectivity index (χ1v) is 12.8. The van der Waals surface area contributed by atoms with Crippen LogP contribution in [0.15, 0.2) is 62.9 Å². The number of benzene rings is 2. The summed E-state index contributed by atoms with van der Waals surface area (Å²) in [7, 11) is 0. The number of fused-ring (bicyclic) bond motifs is 1. The fourth-order valence-electron chi connectivity index (χ4n) is 4.11. The molecule has 0 unspecified atom stereocenters. The number of carbonyl (C=O) groups excluding carboxylic acids is 1. The summed E-state index contributed by atoms with van der Waals surface area (Å²) in [6, 6.07) is 15.0. The van der Waals surface area contributed by atoms with Gasteiger partial charge in [0.2, 0.25) is 0 Å². The zero-order chi connectivity index (χ0) is 26.7. The molecule has 0 atom stereocenters. The van der Waals surface area contributed by atoms with E-state index >= 15 is 0 Å². The van der Waals surface area contributed by atoms with Gasteiger partial charge in [-0.25, -0.2) is 9.78 Å². The van der Waals surface area contributed by atoms with E-state index in [9.17, 15) is 9.59 Å². The second kappa shape index (κ2) is 11.1. The molecule has 0 spiro atoms. The van der Waals surface area contributed by atoms with Gasteiger partial charge in [-0.3, -0.25) is 4.79 Å². The molecule has 0 radical (unpaired) electrons. The Morgan fingerprint density at radius 2 is 1.86 bits per heavy atom. The third-order valence-corrected chi connectivity index (χ3v) is 6.29. The van der Waals surface area contributed by atoms with Crippen LogP contribution in [0.2, 0.25) is 0 Å². The monoisotopic (exact) mass is 564 g/mol. The van der Waals surface area contributed by atoms with Crippen LogP contribution in [0.4, 0.5) is 0 Å². The first-order chi connectivity index (χ1) is 17.7.